The third kappa shape index (κ3) is 3.31. The zero-order valence-electron chi connectivity index (χ0n) is 10.3. The van der Waals surface area contributed by atoms with Gasteiger partial charge in [0.05, 0.1) is 10.6 Å². The van der Waals surface area contributed by atoms with Crippen LogP contribution >= 0.6 is 11.5 Å². The molecule has 90 valence electrons. The first-order valence-electron chi connectivity index (χ1n) is 5.54. The Morgan fingerprint density at radius 2 is 2.12 bits per heavy atom. The predicted octanol–water partition coefficient (Wildman–Crippen LogP) is 2.49. The van der Waals surface area contributed by atoms with Crippen molar-refractivity contribution in [1.82, 2.24) is 19.9 Å². The Hall–Kier alpha value is -1.33. The molecule has 2 aromatic heterocycles. The molecule has 0 aromatic carbocycles. The largest absolute Gasteiger partial charge is 0.307 e. The maximum atomic E-state index is 4.30. The smallest absolute Gasteiger partial charge is 0.128 e. The highest BCUT2D eigenvalue weighted by molar-refractivity contribution is 7.05. The van der Waals surface area contributed by atoms with Crippen molar-refractivity contribution in [2.24, 2.45) is 0 Å². The second-order valence-corrected chi connectivity index (χ2v) is 5.70. The third-order valence-electron chi connectivity index (χ3n) is 2.24. The molecule has 0 fully saturated rings. The number of nitrogens with zero attached hydrogens (tertiary/aromatic N) is 3. The lowest BCUT2D eigenvalue weighted by Crippen LogP contribution is -2.34. The molecule has 0 radical (unpaired) electrons. The highest BCUT2D eigenvalue weighted by atomic mass is 32.1. The fourth-order valence-electron chi connectivity index (χ4n) is 1.37. The van der Waals surface area contributed by atoms with Crippen LogP contribution in [0.5, 0.6) is 0 Å². The molecule has 0 spiro atoms. The van der Waals surface area contributed by atoms with Crippen molar-refractivity contribution in [2.75, 3.05) is 0 Å². The average molecular weight is 248 g/mol. The fourth-order valence-corrected chi connectivity index (χ4v) is 1.96. The molecule has 0 aliphatic carbocycles. The van der Waals surface area contributed by atoms with Crippen LogP contribution in [0.1, 0.15) is 25.6 Å². The van der Waals surface area contributed by atoms with E-state index < -0.39 is 0 Å². The first-order chi connectivity index (χ1) is 8.06. The number of pyridine rings is 1. The van der Waals surface area contributed by atoms with Crippen LogP contribution in [0.25, 0.3) is 11.4 Å². The summed E-state index contributed by atoms with van der Waals surface area (Å²) < 4.78 is 4.01. The third-order valence-corrected chi connectivity index (χ3v) is 2.96. The Morgan fingerprint density at radius 3 is 2.76 bits per heavy atom. The molecule has 0 aliphatic rings. The Bertz CT molecular complexity index is 473. The molecule has 0 amide bonds. The van der Waals surface area contributed by atoms with Crippen LogP contribution in [0.3, 0.4) is 0 Å². The van der Waals surface area contributed by atoms with Gasteiger partial charge in [0.2, 0.25) is 0 Å². The van der Waals surface area contributed by atoms with Gasteiger partial charge in [-0.25, -0.2) is 0 Å². The first-order valence-corrected chi connectivity index (χ1v) is 6.31. The van der Waals surface area contributed by atoms with Crippen LogP contribution in [0.4, 0.5) is 0 Å². The predicted molar refractivity (Wildman–Crippen MR) is 69.7 cm³/mol. The fraction of sp³-hybridized carbons (Fsp3) is 0.417. The van der Waals surface area contributed by atoms with Gasteiger partial charge in [0, 0.05) is 18.3 Å². The van der Waals surface area contributed by atoms with Gasteiger partial charge in [-0.1, -0.05) is 10.6 Å². The maximum Gasteiger partial charge on any atom is 0.128 e. The normalized spacial score (nSPS) is 11.7. The summed E-state index contributed by atoms with van der Waals surface area (Å²) in [5, 5.41) is 7.59. The zero-order chi connectivity index (χ0) is 12.3. The molecule has 1 N–H and O–H groups in total. The summed E-state index contributed by atoms with van der Waals surface area (Å²) in [6, 6.07) is 5.82. The van der Waals surface area contributed by atoms with Crippen molar-refractivity contribution in [3.05, 3.63) is 29.3 Å². The van der Waals surface area contributed by atoms with Crippen LogP contribution in [-0.2, 0) is 6.54 Å². The lowest BCUT2D eigenvalue weighted by Gasteiger charge is -2.19. The Kier molecular flexibility index (Phi) is 3.49. The number of aromatic nitrogens is 3. The molecule has 4 nitrogen and oxygen atoms in total. The topological polar surface area (TPSA) is 50.7 Å². The highest BCUT2D eigenvalue weighted by Gasteiger charge is 2.14. The molecular formula is C12H16N4S. The van der Waals surface area contributed by atoms with Gasteiger partial charge in [0.1, 0.15) is 5.69 Å². The number of nitrogens with one attached hydrogen (secondary N) is 1. The Balaban J connectivity index is 2.18. The van der Waals surface area contributed by atoms with Crippen LogP contribution in [0.15, 0.2) is 24.4 Å². The van der Waals surface area contributed by atoms with Gasteiger partial charge < -0.3 is 5.32 Å². The quantitative estimate of drug-likeness (QED) is 0.906. The molecule has 0 bridgehead atoms. The molecule has 0 atom stereocenters. The van der Waals surface area contributed by atoms with E-state index in [0.29, 0.717) is 0 Å². The highest BCUT2D eigenvalue weighted by Crippen LogP contribution is 2.21. The van der Waals surface area contributed by atoms with Gasteiger partial charge >= 0.3 is 0 Å². The molecule has 2 heterocycles. The van der Waals surface area contributed by atoms with Crippen molar-refractivity contribution in [3.63, 3.8) is 0 Å². The second-order valence-electron chi connectivity index (χ2n) is 4.86. The van der Waals surface area contributed by atoms with Crippen LogP contribution in [-0.4, -0.2) is 20.1 Å². The molecular weight excluding hydrogens is 232 g/mol. The molecule has 0 saturated heterocycles. The molecule has 0 aliphatic heterocycles. The van der Waals surface area contributed by atoms with Crippen molar-refractivity contribution >= 4 is 11.5 Å². The van der Waals surface area contributed by atoms with E-state index in [1.54, 1.807) is 6.20 Å². The first kappa shape index (κ1) is 12.1. The monoisotopic (exact) mass is 248 g/mol. The zero-order valence-corrected chi connectivity index (χ0v) is 11.1. The van der Waals surface area contributed by atoms with Crippen molar-refractivity contribution in [2.45, 2.75) is 32.9 Å². The van der Waals surface area contributed by atoms with Crippen LogP contribution < -0.4 is 5.32 Å². The van der Waals surface area contributed by atoms with Crippen molar-refractivity contribution in [1.29, 1.82) is 0 Å². The van der Waals surface area contributed by atoms with Crippen LogP contribution in [0.2, 0.25) is 0 Å². The van der Waals surface area contributed by atoms with Gasteiger partial charge in [-0.05, 0) is 44.4 Å². The van der Waals surface area contributed by atoms with E-state index in [1.165, 1.54) is 11.5 Å². The molecule has 2 aromatic rings. The maximum absolute atomic E-state index is 4.30. The summed E-state index contributed by atoms with van der Waals surface area (Å²) in [5.41, 5.74) is 1.85. The lowest BCUT2D eigenvalue weighted by atomic mass is 10.1. The summed E-state index contributed by atoms with van der Waals surface area (Å²) >= 11 is 1.42. The van der Waals surface area contributed by atoms with E-state index >= 15 is 0 Å². The van der Waals surface area contributed by atoms with Gasteiger partial charge in [-0.3, -0.25) is 4.98 Å². The van der Waals surface area contributed by atoms with Gasteiger partial charge in [-0.15, -0.1) is 5.10 Å². The van der Waals surface area contributed by atoms with Gasteiger partial charge in [0.15, 0.2) is 0 Å². The van der Waals surface area contributed by atoms with Crippen LogP contribution in [0, 0.1) is 0 Å². The number of hydrogen-bond donors (Lipinski definition) is 1. The Labute approximate surface area is 105 Å². The minimum atomic E-state index is 0.0887. The summed E-state index contributed by atoms with van der Waals surface area (Å²) in [6.07, 6.45) is 1.77. The van der Waals surface area contributed by atoms with Gasteiger partial charge in [-0.2, -0.15) is 0 Å². The van der Waals surface area contributed by atoms with E-state index in [4.69, 9.17) is 0 Å². The molecule has 0 saturated carbocycles. The van der Waals surface area contributed by atoms with E-state index in [-0.39, 0.29) is 5.54 Å². The summed E-state index contributed by atoms with van der Waals surface area (Å²) in [7, 11) is 0. The number of hydrogen-bond acceptors (Lipinski definition) is 5. The molecule has 17 heavy (non-hydrogen) atoms. The summed E-state index contributed by atoms with van der Waals surface area (Å²) in [4.78, 5) is 5.43. The second kappa shape index (κ2) is 4.89. The number of rotatable bonds is 3. The SMILES string of the molecule is CC(C)(C)NCc1snnc1-c1ccccn1. The Morgan fingerprint density at radius 1 is 1.29 bits per heavy atom. The lowest BCUT2D eigenvalue weighted by molar-refractivity contribution is 0.426. The minimum absolute atomic E-state index is 0.0887. The summed E-state index contributed by atoms with van der Waals surface area (Å²) in [6.45, 7) is 7.19. The standard InChI is InChI=1S/C12H16N4S/c1-12(2,3)14-8-10-11(15-16-17-10)9-6-4-5-7-13-9/h4-7,14H,8H2,1-3H3. The summed E-state index contributed by atoms with van der Waals surface area (Å²) in [5.74, 6) is 0. The van der Waals surface area contributed by atoms with Gasteiger partial charge in [0.25, 0.3) is 0 Å². The minimum Gasteiger partial charge on any atom is -0.307 e. The van der Waals surface area contributed by atoms with Crippen molar-refractivity contribution < 1.29 is 0 Å². The van der Waals surface area contributed by atoms with E-state index in [0.717, 1.165) is 22.8 Å². The van der Waals surface area contributed by atoms with Crippen molar-refractivity contribution in [3.8, 4) is 11.4 Å². The average Bonchev–Trinajstić information content (AvgIpc) is 2.75. The molecule has 2 rings (SSSR count). The van der Waals surface area contributed by atoms with E-state index in [9.17, 15) is 0 Å². The molecule has 5 heteroatoms. The van der Waals surface area contributed by atoms with E-state index in [1.807, 2.05) is 18.2 Å². The molecule has 0 unspecified atom stereocenters. The van der Waals surface area contributed by atoms with E-state index in [2.05, 4.69) is 40.7 Å².